The zero-order valence-electron chi connectivity index (χ0n) is 9.84. The van der Waals surface area contributed by atoms with Crippen molar-refractivity contribution in [2.45, 2.75) is 20.0 Å². The summed E-state index contributed by atoms with van der Waals surface area (Å²) in [5, 5.41) is 0.894. The van der Waals surface area contributed by atoms with Crippen LogP contribution in [0.5, 0.6) is 5.75 Å². The van der Waals surface area contributed by atoms with Gasteiger partial charge in [-0.25, -0.2) is 5.84 Å². The fraction of sp³-hybridized carbons (Fsp3) is 0.364. The number of carbonyl (C=O) groups is 1. The molecule has 1 rings (SSSR count). The fourth-order valence-corrected chi connectivity index (χ4v) is 1.89. The number of halogens is 3. The van der Waals surface area contributed by atoms with Crippen LogP contribution in [0.3, 0.4) is 0 Å². The molecule has 18 heavy (non-hydrogen) atoms. The molecule has 0 saturated heterocycles. The SMILES string of the molecule is CC(C)C(Oc1cc(Cl)c(Cl)cc1Cl)C(=O)NN. The van der Waals surface area contributed by atoms with Crippen LogP contribution in [0.2, 0.25) is 15.1 Å². The average Bonchev–Trinajstić information content (AvgIpc) is 2.30. The molecule has 1 atom stereocenters. The van der Waals surface area contributed by atoms with E-state index in [-0.39, 0.29) is 16.7 Å². The van der Waals surface area contributed by atoms with Crippen molar-refractivity contribution in [3.63, 3.8) is 0 Å². The van der Waals surface area contributed by atoms with Crippen molar-refractivity contribution in [1.82, 2.24) is 5.43 Å². The minimum absolute atomic E-state index is 0.0842. The van der Waals surface area contributed by atoms with Gasteiger partial charge < -0.3 is 4.74 Å². The first-order valence-corrected chi connectivity index (χ1v) is 6.31. The van der Waals surface area contributed by atoms with Crippen LogP contribution in [0, 0.1) is 5.92 Å². The molecule has 0 heterocycles. The largest absolute Gasteiger partial charge is 0.479 e. The highest BCUT2D eigenvalue weighted by Gasteiger charge is 2.24. The number of nitrogens with two attached hydrogens (primary N) is 1. The molecule has 1 amide bonds. The third kappa shape index (κ3) is 3.65. The summed E-state index contributed by atoms with van der Waals surface area (Å²) in [6.45, 7) is 3.65. The monoisotopic (exact) mass is 310 g/mol. The van der Waals surface area contributed by atoms with Gasteiger partial charge in [0.25, 0.3) is 5.91 Å². The Balaban J connectivity index is 3.01. The quantitative estimate of drug-likeness (QED) is 0.389. The summed E-state index contributed by atoms with van der Waals surface area (Å²) in [5.74, 6) is 4.86. The van der Waals surface area contributed by atoms with Gasteiger partial charge in [-0.1, -0.05) is 48.7 Å². The number of hydrazine groups is 1. The van der Waals surface area contributed by atoms with Gasteiger partial charge in [-0.15, -0.1) is 0 Å². The van der Waals surface area contributed by atoms with Gasteiger partial charge in [-0.05, 0) is 12.0 Å². The summed E-state index contributed by atoms with van der Waals surface area (Å²) in [5.41, 5.74) is 2.05. The number of ether oxygens (including phenoxy) is 1. The van der Waals surface area contributed by atoms with E-state index in [4.69, 9.17) is 45.4 Å². The molecule has 0 spiro atoms. The van der Waals surface area contributed by atoms with Crippen molar-refractivity contribution in [1.29, 1.82) is 0 Å². The number of rotatable bonds is 4. The van der Waals surface area contributed by atoms with Crippen LogP contribution in [0.15, 0.2) is 12.1 Å². The second-order valence-corrected chi connectivity index (χ2v) is 5.21. The van der Waals surface area contributed by atoms with Gasteiger partial charge in [0.1, 0.15) is 5.75 Å². The van der Waals surface area contributed by atoms with E-state index in [0.29, 0.717) is 10.0 Å². The topological polar surface area (TPSA) is 64.3 Å². The van der Waals surface area contributed by atoms with E-state index in [9.17, 15) is 4.79 Å². The summed E-state index contributed by atoms with van der Waals surface area (Å²) in [6, 6.07) is 2.92. The van der Waals surface area contributed by atoms with Crippen molar-refractivity contribution in [2.75, 3.05) is 0 Å². The molecule has 0 aliphatic carbocycles. The van der Waals surface area contributed by atoms with Crippen molar-refractivity contribution in [3.05, 3.63) is 27.2 Å². The Kier molecular flexibility index (Phi) is 5.53. The third-order valence-corrected chi connectivity index (χ3v) is 3.25. The summed E-state index contributed by atoms with van der Waals surface area (Å²) in [7, 11) is 0. The van der Waals surface area contributed by atoms with Crippen LogP contribution in [0.25, 0.3) is 0 Å². The maximum absolute atomic E-state index is 11.6. The smallest absolute Gasteiger partial charge is 0.275 e. The second-order valence-electron chi connectivity index (χ2n) is 3.99. The molecule has 0 saturated carbocycles. The van der Waals surface area contributed by atoms with Crippen molar-refractivity contribution in [3.8, 4) is 5.75 Å². The van der Waals surface area contributed by atoms with Crippen LogP contribution < -0.4 is 16.0 Å². The molecule has 1 aromatic rings. The first-order valence-electron chi connectivity index (χ1n) is 5.18. The van der Waals surface area contributed by atoms with Crippen LogP contribution in [-0.4, -0.2) is 12.0 Å². The zero-order valence-corrected chi connectivity index (χ0v) is 12.1. The number of amides is 1. The Morgan fingerprint density at radius 2 is 1.78 bits per heavy atom. The van der Waals surface area contributed by atoms with Gasteiger partial charge in [0.15, 0.2) is 6.10 Å². The number of carbonyl (C=O) groups excluding carboxylic acids is 1. The number of hydrogen-bond donors (Lipinski definition) is 2. The fourth-order valence-electron chi connectivity index (χ4n) is 1.31. The average molecular weight is 312 g/mol. The van der Waals surface area contributed by atoms with Gasteiger partial charge >= 0.3 is 0 Å². The summed E-state index contributed by atoms with van der Waals surface area (Å²) in [4.78, 5) is 11.6. The molecule has 100 valence electrons. The molecule has 1 aromatic carbocycles. The lowest BCUT2D eigenvalue weighted by atomic mass is 10.1. The highest BCUT2D eigenvalue weighted by atomic mass is 35.5. The van der Waals surface area contributed by atoms with Gasteiger partial charge in [0.2, 0.25) is 0 Å². The molecule has 1 unspecified atom stereocenters. The summed E-state index contributed by atoms with van der Waals surface area (Å²) < 4.78 is 5.53. The number of nitrogens with one attached hydrogen (secondary N) is 1. The first-order chi connectivity index (χ1) is 8.36. The Hall–Kier alpha value is -0.680. The molecular formula is C11H13Cl3N2O2. The van der Waals surface area contributed by atoms with Gasteiger partial charge in [-0.2, -0.15) is 0 Å². The van der Waals surface area contributed by atoms with Gasteiger partial charge in [0, 0.05) is 6.07 Å². The van der Waals surface area contributed by atoms with E-state index in [2.05, 4.69) is 0 Å². The second kappa shape index (κ2) is 6.48. The van der Waals surface area contributed by atoms with Crippen LogP contribution in [0.1, 0.15) is 13.8 Å². The Morgan fingerprint density at radius 1 is 1.22 bits per heavy atom. The zero-order chi connectivity index (χ0) is 13.9. The highest BCUT2D eigenvalue weighted by Crippen LogP contribution is 2.34. The normalized spacial score (nSPS) is 12.4. The maximum Gasteiger partial charge on any atom is 0.275 e. The Labute approximate surface area is 120 Å². The molecule has 7 heteroatoms. The van der Waals surface area contributed by atoms with Crippen molar-refractivity contribution >= 4 is 40.7 Å². The Morgan fingerprint density at radius 3 is 2.28 bits per heavy atom. The predicted molar refractivity (Wildman–Crippen MR) is 73.1 cm³/mol. The molecular weight excluding hydrogens is 298 g/mol. The van der Waals surface area contributed by atoms with E-state index in [1.165, 1.54) is 12.1 Å². The molecule has 0 aliphatic heterocycles. The number of hydrogen-bond acceptors (Lipinski definition) is 3. The van der Waals surface area contributed by atoms with Crippen LogP contribution in [-0.2, 0) is 4.79 Å². The lowest BCUT2D eigenvalue weighted by Gasteiger charge is -2.21. The first kappa shape index (κ1) is 15.4. The summed E-state index contributed by atoms with van der Waals surface area (Å²) >= 11 is 17.6. The van der Waals surface area contributed by atoms with Crippen molar-refractivity contribution < 1.29 is 9.53 Å². The summed E-state index contributed by atoms with van der Waals surface area (Å²) in [6.07, 6.45) is -0.759. The Bertz CT molecular complexity index is 452. The standard InChI is InChI=1S/C11H13Cl3N2O2/c1-5(2)10(11(17)16-15)18-9-4-7(13)6(12)3-8(9)14/h3-5,10H,15H2,1-2H3,(H,16,17). The van der Waals surface area contributed by atoms with E-state index in [0.717, 1.165) is 0 Å². The van der Waals surface area contributed by atoms with Crippen LogP contribution in [0.4, 0.5) is 0 Å². The lowest BCUT2D eigenvalue weighted by molar-refractivity contribution is -0.129. The van der Waals surface area contributed by atoms with Crippen molar-refractivity contribution in [2.24, 2.45) is 11.8 Å². The van der Waals surface area contributed by atoms with E-state index in [1.807, 2.05) is 19.3 Å². The minimum atomic E-state index is -0.759. The van der Waals surface area contributed by atoms with Gasteiger partial charge in [0.05, 0.1) is 15.1 Å². The van der Waals surface area contributed by atoms with E-state index in [1.54, 1.807) is 0 Å². The third-order valence-electron chi connectivity index (χ3n) is 2.23. The predicted octanol–water partition coefficient (Wildman–Crippen LogP) is 3.04. The minimum Gasteiger partial charge on any atom is -0.479 e. The molecule has 3 N–H and O–H groups in total. The molecule has 0 fully saturated rings. The van der Waals surface area contributed by atoms with E-state index >= 15 is 0 Å². The van der Waals surface area contributed by atoms with Gasteiger partial charge in [-0.3, -0.25) is 10.2 Å². The van der Waals surface area contributed by atoms with Crippen LogP contribution >= 0.6 is 34.8 Å². The number of benzene rings is 1. The molecule has 4 nitrogen and oxygen atoms in total. The molecule has 0 aliphatic rings. The van der Waals surface area contributed by atoms with E-state index < -0.39 is 12.0 Å². The lowest BCUT2D eigenvalue weighted by Crippen LogP contribution is -2.44. The maximum atomic E-state index is 11.6. The molecule has 0 radical (unpaired) electrons. The highest BCUT2D eigenvalue weighted by molar-refractivity contribution is 6.43. The molecule has 0 aromatic heterocycles. The molecule has 0 bridgehead atoms.